The maximum atomic E-state index is 12.9. The fraction of sp³-hybridized carbons (Fsp3) is 0.381. The van der Waals surface area contributed by atoms with E-state index in [2.05, 4.69) is 25.3 Å². The molecule has 0 saturated carbocycles. The molecular formula is C21H25ClN4O4S. The summed E-state index contributed by atoms with van der Waals surface area (Å²) in [6.45, 7) is 2.13. The van der Waals surface area contributed by atoms with Crippen LogP contribution in [0.2, 0.25) is 5.02 Å². The van der Waals surface area contributed by atoms with Crippen molar-refractivity contribution in [2.75, 3.05) is 19.4 Å². The molecule has 0 aliphatic rings. The SMILES string of the molecule is CCCSc1ncc(Cl)c(C(=O)N[C@H](Cc2ccccc2)C(=O)NCCC(=O)OC)n1. The number of aromatic nitrogens is 2. The number of methoxy groups -OCH3 is 1. The summed E-state index contributed by atoms with van der Waals surface area (Å²) in [5.41, 5.74) is 0.875. The highest BCUT2D eigenvalue weighted by atomic mass is 35.5. The maximum Gasteiger partial charge on any atom is 0.307 e. The van der Waals surface area contributed by atoms with Gasteiger partial charge in [0.25, 0.3) is 5.91 Å². The van der Waals surface area contributed by atoms with E-state index in [4.69, 9.17) is 11.6 Å². The monoisotopic (exact) mass is 464 g/mol. The number of nitrogens with one attached hydrogen (secondary N) is 2. The Labute approximate surface area is 190 Å². The Morgan fingerprint density at radius 3 is 2.65 bits per heavy atom. The maximum absolute atomic E-state index is 12.9. The van der Waals surface area contributed by atoms with Gasteiger partial charge in [0.1, 0.15) is 6.04 Å². The van der Waals surface area contributed by atoms with E-state index in [0.29, 0.717) is 5.16 Å². The lowest BCUT2D eigenvalue weighted by Crippen LogP contribution is -2.48. The van der Waals surface area contributed by atoms with Crippen LogP contribution >= 0.6 is 23.4 Å². The molecule has 1 aromatic heterocycles. The van der Waals surface area contributed by atoms with Crippen molar-refractivity contribution in [3.8, 4) is 0 Å². The van der Waals surface area contributed by atoms with Gasteiger partial charge in [-0.15, -0.1) is 0 Å². The van der Waals surface area contributed by atoms with Crippen LogP contribution in [0.25, 0.3) is 0 Å². The molecule has 0 radical (unpaired) electrons. The predicted molar refractivity (Wildman–Crippen MR) is 119 cm³/mol. The van der Waals surface area contributed by atoms with E-state index in [1.807, 2.05) is 37.3 Å². The first-order valence-electron chi connectivity index (χ1n) is 9.79. The Morgan fingerprint density at radius 1 is 1.23 bits per heavy atom. The minimum absolute atomic E-state index is 0.00990. The normalized spacial score (nSPS) is 11.5. The molecule has 0 spiro atoms. The second-order valence-corrected chi connectivity index (χ2v) is 8.00. The van der Waals surface area contributed by atoms with Crippen LogP contribution in [0, 0.1) is 0 Å². The molecule has 8 nitrogen and oxygen atoms in total. The van der Waals surface area contributed by atoms with E-state index in [0.717, 1.165) is 17.7 Å². The van der Waals surface area contributed by atoms with E-state index in [9.17, 15) is 14.4 Å². The van der Waals surface area contributed by atoms with Crippen molar-refractivity contribution in [2.24, 2.45) is 0 Å². The van der Waals surface area contributed by atoms with Crippen molar-refractivity contribution >= 4 is 41.1 Å². The first-order chi connectivity index (χ1) is 14.9. The Hall–Kier alpha value is -2.65. The van der Waals surface area contributed by atoms with E-state index in [1.54, 1.807) is 0 Å². The highest BCUT2D eigenvalue weighted by Gasteiger charge is 2.24. The van der Waals surface area contributed by atoms with Gasteiger partial charge in [-0.05, 0) is 12.0 Å². The molecule has 2 N–H and O–H groups in total. The molecule has 31 heavy (non-hydrogen) atoms. The highest BCUT2D eigenvalue weighted by Crippen LogP contribution is 2.19. The predicted octanol–water partition coefficient (Wildman–Crippen LogP) is 2.65. The lowest BCUT2D eigenvalue weighted by atomic mass is 10.0. The molecule has 1 heterocycles. The Kier molecular flexibility index (Phi) is 10.3. The van der Waals surface area contributed by atoms with Crippen LogP contribution in [0.4, 0.5) is 0 Å². The van der Waals surface area contributed by atoms with Crippen molar-refractivity contribution in [1.82, 2.24) is 20.6 Å². The lowest BCUT2D eigenvalue weighted by molar-refractivity contribution is -0.140. The molecule has 0 fully saturated rings. The average Bonchev–Trinajstić information content (AvgIpc) is 2.78. The van der Waals surface area contributed by atoms with Crippen molar-refractivity contribution in [2.45, 2.75) is 37.4 Å². The molecule has 10 heteroatoms. The summed E-state index contributed by atoms with van der Waals surface area (Å²) in [7, 11) is 1.28. The van der Waals surface area contributed by atoms with Crippen molar-refractivity contribution in [3.63, 3.8) is 0 Å². The van der Waals surface area contributed by atoms with Crippen LogP contribution in [-0.2, 0) is 20.7 Å². The molecule has 0 aliphatic carbocycles. The molecule has 0 unspecified atom stereocenters. The second kappa shape index (κ2) is 12.9. The van der Waals surface area contributed by atoms with Gasteiger partial charge in [0.05, 0.1) is 24.8 Å². The zero-order valence-electron chi connectivity index (χ0n) is 17.4. The summed E-state index contributed by atoms with van der Waals surface area (Å²) < 4.78 is 4.57. The molecule has 0 bridgehead atoms. The zero-order chi connectivity index (χ0) is 22.6. The van der Waals surface area contributed by atoms with Gasteiger partial charge in [0.2, 0.25) is 5.91 Å². The summed E-state index contributed by atoms with van der Waals surface area (Å²) in [6.07, 6.45) is 2.61. The number of carbonyl (C=O) groups is 3. The first-order valence-corrected chi connectivity index (χ1v) is 11.2. The zero-order valence-corrected chi connectivity index (χ0v) is 19.0. The van der Waals surface area contributed by atoms with E-state index in [-0.39, 0.29) is 30.1 Å². The Balaban J connectivity index is 2.14. The second-order valence-electron chi connectivity index (χ2n) is 6.53. The van der Waals surface area contributed by atoms with Gasteiger partial charge in [-0.25, -0.2) is 9.97 Å². The van der Waals surface area contributed by atoms with Crippen molar-refractivity contribution in [3.05, 3.63) is 52.8 Å². The van der Waals surface area contributed by atoms with Gasteiger partial charge in [-0.3, -0.25) is 14.4 Å². The topological polar surface area (TPSA) is 110 Å². The van der Waals surface area contributed by atoms with Crippen LogP contribution in [-0.4, -0.2) is 53.2 Å². The molecule has 2 amide bonds. The quantitative estimate of drug-likeness (QED) is 0.299. The summed E-state index contributed by atoms with van der Waals surface area (Å²) in [5, 5.41) is 5.90. The fourth-order valence-corrected chi connectivity index (χ4v) is 3.42. The Morgan fingerprint density at radius 2 is 1.97 bits per heavy atom. The van der Waals surface area contributed by atoms with Crippen LogP contribution in [0.15, 0.2) is 41.7 Å². The number of rotatable bonds is 11. The summed E-state index contributed by atoms with van der Waals surface area (Å²) in [5.74, 6) is -0.627. The van der Waals surface area contributed by atoms with Crippen LogP contribution in [0.1, 0.15) is 35.8 Å². The molecule has 2 aromatic rings. The number of esters is 1. The molecular weight excluding hydrogens is 440 g/mol. The van der Waals surface area contributed by atoms with Gasteiger partial charge < -0.3 is 15.4 Å². The molecule has 166 valence electrons. The van der Waals surface area contributed by atoms with E-state index in [1.165, 1.54) is 25.1 Å². The molecule has 0 saturated heterocycles. The molecule has 0 aliphatic heterocycles. The number of ether oxygens (including phenoxy) is 1. The van der Waals surface area contributed by atoms with E-state index >= 15 is 0 Å². The number of benzene rings is 1. The third-order valence-corrected chi connectivity index (χ3v) is 5.48. The minimum atomic E-state index is -0.884. The first kappa shape index (κ1) is 24.6. The van der Waals surface area contributed by atoms with Gasteiger partial charge in [-0.2, -0.15) is 0 Å². The number of nitrogens with zero attached hydrogens (tertiary/aromatic N) is 2. The van der Waals surface area contributed by atoms with Crippen molar-refractivity contribution in [1.29, 1.82) is 0 Å². The van der Waals surface area contributed by atoms with E-state index < -0.39 is 23.8 Å². The number of amides is 2. The smallest absolute Gasteiger partial charge is 0.307 e. The van der Waals surface area contributed by atoms with Crippen LogP contribution in [0.5, 0.6) is 0 Å². The standard InChI is InChI=1S/C21H25ClN4O4S/c1-3-11-31-21-24-13-15(22)18(26-21)20(29)25-16(12-14-7-5-4-6-8-14)19(28)23-10-9-17(27)30-2/h4-8,13,16H,3,9-12H2,1-2H3,(H,23,28)(H,25,29)/t16-/m1/s1. The van der Waals surface area contributed by atoms with Gasteiger partial charge >= 0.3 is 5.97 Å². The number of carbonyl (C=O) groups excluding carboxylic acids is 3. The Bertz CT molecular complexity index is 898. The summed E-state index contributed by atoms with van der Waals surface area (Å²) in [6, 6.07) is 8.40. The van der Waals surface area contributed by atoms with Crippen LogP contribution < -0.4 is 10.6 Å². The molecule has 1 aromatic carbocycles. The largest absolute Gasteiger partial charge is 0.469 e. The van der Waals surface area contributed by atoms with Gasteiger partial charge in [0.15, 0.2) is 10.9 Å². The van der Waals surface area contributed by atoms with Crippen LogP contribution in [0.3, 0.4) is 0 Å². The van der Waals surface area contributed by atoms with Crippen molar-refractivity contribution < 1.29 is 19.1 Å². The lowest BCUT2D eigenvalue weighted by Gasteiger charge is -2.19. The minimum Gasteiger partial charge on any atom is -0.469 e. The summed E-state index contributed by atoms with van der Waals surface area (Å²) in [4.78, 5) is 45.3. The number of thioether (sulfide) groups is 1. The fourth-order valence-electron chi connectivity index (χ4n) is 2.57. The highest BCUT2D eigenvalue weighted by molar-refractivity contribution is 7.99. The third kappa shape index (κ3) is 8.18. The number of hydrogen-bond acceptors (Lipinski definition) is 7. The molecule has 1 atom stereocenters. The number of halogens is 1. The average molecular weight is 465 g/mol. The van der Waals surface area contributed by atoms with Gasteiger partial charge in [-0.1, -0.05) is 60.6 Å². The third-order valence-electron chi connectivity index (χ3n) is 4.13. The number of hydrogen-bond donors (Lipinski definition) is 2. The van der Waals surface area contributed by atoms with Gasteiger partial charge in [0, 0.05) is 18.7 Å². The summed E-state index contributed by atoms with van der Waals surface area (Å²) >= 11 is 7.56. The molecule has 2 rings (SSSR count).